The van der Waals surface area contributed by atoms with E-state index in [9.17, 15) is 4.79 Å². The van der Waals surface area contributed by atoms with E-state index in [1.807, 2.05) is 25.1 Å². The largest absolute Gasteiger partial charge is 0.383 e. The molecule has 5 heteroatoms. The fourth-order valence-corrected chi connectivity index (χ4v) is 3.04. The van der Waals surface area contributed by atoms with E-state index in [-0.39, 0.29) is 5.91 Å². The van der Waals surface area contributed by atoms with Gasteiger partial charge >= 0.3 is 0 Å². The second-order valence-corrected chi connectivity index (χ2v) is 6.69. The Morgan fingerprint density at radius 1 is 1.19 bits per heavy atom. The zero-order valence-electron chi connectivity index (χ0n) is 15.7. The van der Waals surface area contributed by atoms with Crippen LogP contribution in [0.25, 0.3) is 16.7 Å². The van der Waals surface area contributed by atoms with Crippen LogP contribution in [0.4, 0.5) is 0 Å². The fourth-order valence-electron chi connectivity index (χ4n) is 3.04. The highest BCUT2D eigenvalue weighted by atomic mass is 16.5. The topological polar surface area (TPSA) is 56.1 Å². The number of benzene rings is 2. The van der Waals surface area contributed by atoms with Crippen molar-refractivity contribution in [3.63, 3.8) is 0 Å². The fraction of sp³-hybridized carbons (Fsp3) is 0.333. The Hall–Kier alpha value is -2.66. The van der Waals surface area contributed by atoms with Crippen molar-refractivity contribution in [2.75, 3.05) is 20.3 Å². The number of methoxy groups -OCH3 is 1. The summed E-state index contributed by atoms with van der Waals surface area (Å²) in [6, 6.07) is 14.2. The molecule has 0 radical (unpaired) electrons. The first-order chi connectivity index (χ1) is 12.5. The van der Waals surface area contributed by atoms with Crippen LogP contribution in [-0.4, -0.2) is 35.7 Å². The summed E-state index contributed by atoms with van der Waals surface area (Å²) in [6.45, 7) is 7.34. The first-order valence-corrected chi connectivity index (χ1v) is 8.88. The van der Waals surface area contributed by atoms with E-state index in [1.165, 1.54) is 5.56 Å². The molecule has 0 aliphatic rings. The van der Waals surface area contributed by atoms with Crippen LogP contribution in [-0.2, 0) is 4.74 Å². The second-order valence-electron chi connectivity index (χ2n) is 6.69. The van der Waals surface area contributed by atoms with Crippen LogP contribution < -0.4 is 5.32 Å². The van der Waals surface area contributed by atoms with Crippen LogP contribution >= 0.6 is 0 Å². The van der Waals surface area contributed by atoms with Gasteiger partial charge in [0.2, 0.25) is 0 Å². The summed E-state index contributed by atoms with van der Waals surface area (Å²) in [6.07, 6.45) is 0. The summed E-state index contributed by atoms with van der Waals surface area (Å²) in [4.78, 5) is 16.9. The van der Waals surface area contributed by atoms with Gasteiger partial charge in [-0.05, 0) is 48.7 Å². The molecule has 136 valence electrons. The van der Waals surface area contributed by atoms with Crippen LogP contribution in [0, 0.1) is 6.92 Å². The lowest BCUT2D eigenvalue weighted by molar-refractivity contribution is 0.0937. The number of hydrogen-bond donors (Lipinski definition) is 1. The Morgan fingerprint density at radius 3 is 2.58 bits per heavy atom. The normalized spacial score (nSPS) is 11.3. The minimum atomic E-state index is -0.113. The molecular weight excluding hydrogens is 326 g/mol. The number of hydrogen-bond acceptors (Lipinski definition) is 3. The van der Waals surface area contributed by atoms with Gasteiger partial charge in [-0.1, -0.05) is 26.0 Å². The van der Waals surface area contributed by atoms with Crippen molar-refractivity contribution >= 4 is 16.9 Å². The third-order valence-corrected chi connectivity index (χ3v) is 4.49. The molecular formula is C21H25N3O2. The van der Waals surface area contributed by atoms with Crippen molar-refractivity contribution in [1.29, 1.82) is 0 Å². The van der Waals surface area contributed by atoms with E-state index in [0.29, 0.717) is 24.6 Å². The van der Waals surface area contributed by atoms with Gasteiger partial charge in [-0.2, -0.15) is 0 Å². The maximum absolute atomic E-state index is 12.2. The maximum Gasteiger partial charge on any atom is 0.251 e. The number of carbonyl (C=O) groups is 1. The number of aryl methyl sites for hydroxylation is 1. The molecule has 26 heavy (non-hydrogen) atoms. The first kappa shape index (κ1) is 18.1. The average Bonchev–Trinajstić information content (AvgIpc) is 2.96. The number of fused-ring (bicyclic) bond motifs is 1. The van der Waals surface area contributed by atoms with Crippen LogP contribution in [0.1, 0.15) is 41.5 Å². The van der Waals surface area contributed by atoms with Crippen molar-refractivity contribution < 1.29 is 9.53 Å². The zero-order valence-corrected chi connectivity index (χ0v) is 15.7. The maximum atomic E-state index is 12.2. The third-order valence-electron chi connectivity index (χ3n) is 4.49. The monoisotopic (exact) mass is 351 g/mol. The Balaban J connectivity index is 1.93. The number of ether oxygens (including phenoxy) is 1. The summed E-state index contributed by atoms with van der Waals surface area (Å²) < 4.78 is 7.08. The molecule has 1 aromatic heterocycles. The molecule has 0 saturated heterocycles. The summed E-state index contributed by atoms with van der Waals surface area (Å²) in [5, 5.41) is 2.84. The van der Waals surface area contributed by atoms with Gasteiger partial charge < -0.3 is 10.1 Å². The summed E-state index contributed by atoms with van der Waals surface area (Å²) in [7, 11) is 1.61. The van der Waals surface area contributed by atoms with Crippen molar-refractivity contribution in [1.82, 2.24) is 14.9 Å². The third kappa shape index (κ3) is 3.63. The lowest BCUT2D eigenvalue weighted by Crippen LogP contribution is -2.26. The number of imidazole rings is 1. The van der Waals surface area contributed by atoms with Crippen LogP contribution in [0.2, 0.25) is 0 Å². The highest BCUT2D eigenvalue weighted by molar-refractivity contribution is 5.97. The number of rotatable bonds is 6. The molecule has 5 nitrogen and oxygen atoms in total. The number of aromatic nitrogens is 2. The first-order valence-electron chi connectivity index (χ1n) is 8.88. The van der Waals surface area contributed by atoms with Gasteiger partial charge in [0.05, 0.1) is 17.6 Å². The molecule has 1 heterocycles. The molecule has 0 fully saturated rings. The minimum Gasteiger partial charge on any atom is -0.383 e. The zero-order chi connectivity index (χ0) is 18.7. The highest BCUT2D eigenvalue weighted by Crippen LogP contribution is 2.24. The lowest BCUT2D eigenvalue weighted by atomic mass is 10.0. The van der Waals surface area contributed by atoms with Crippen molar-refractivity contribution in [3.05, 3.63) is 59.4 Å². The van der Waals surface area contributed by atoms with Gasteiger partial charge in [0, 0.05) is 24.9 Å². The molecule has 0 atom stereocenters. The average molecular weight is 351 g/mol. The van der Waals surface area contributed by atoms with E-state index in [1.54, 1.807) is 7.11 Å². The molecule has 0 bridgehead atoms. The molecule has 1 amide bonds. The van der Waals surface area contributed by atoms with Gasteiger partial charge in [0.15, 0.2) is 0 Å². The second kappa shape index (κ2) is 7.70. The minimum absolute atomic E-state index is 0.113. The predicted molar refractivity (Wildman–Crippen MR) is 104 cm³/mol. The van der Waals surface area contributed by atoms with Crippen LogP contribution in [0.15, 0.2) is 42.5 Å². The summed E-state index contributed by atoms with van der Waals surface area (Å²) in [5.41, 5.74) is 4.80. The van der Waals surface area contributed by atoms with Crippen molar-refractivity contribution in [2.24, 2.45) is 0 Å². The van der Waals surface area contributed by atoms with Gasteiger partial charge in [0.25, 0.3) is 5.91 Å². The molecule has 0 spiro atoms. The number of nitrogens with zero attached hydrogens (tertiary/aromatic N) is 2. The molecule has 0 aliphatic heterocycles. The van der Waals surface area contributed by atoms with E-state index >= 15 is 0 Å². The van der Waals surface area contributed by atoms with Crippen LogP contribution in [0.3, 0.4) is 0 Å². The van der Waals surface area contributed by atoms with Gasteiger partial charge in [-0.3, -0.25) is 9.36 Å². The molecule has 2 aromatic carbocycles. The standard InChI is InChI=1S/C21H25N3O2/c1-14(2)16-5-8-18(9-6-16)24-15(3)23-19-13-17(7-10-20(19)24)21(25)22-11-12-26-4/h5-10,13-14H,11-12H2,1-4H3,(H,22,25). The van der Waals surface area contributed by atoms with E-state index < -0.39 is 0 Å². The number of amides is 1. The SMILES string of the molecule is COCCNC(=O)c1ccc2c(c1)nc(C)n2-c1ccc(C(C)C)cc1. The van der Waals surface area contributed by atoms with Gasteiger partial charge in [-0.15, -0.1) is 0 Å². The molecule has 0 unspecified atom stereocenters. The Labute approximate surface area is 154 Å². The van der Waals surface area contributed by atoms with Crippen molar-refractivity contribution in [2.45, 2.75) is 26.7 Å². The summed E-state index contributed by atoms with van der Waals surface area (Å²) >= 11 is 0. The Kier molecular flexibility index (Phi) is 5.38. The number of carbonyl (C=O) groups excluding carboxylic acids is 1. The molecule has 0 saturated carbocycles. The predicted octanol–water partition coefficient (Wildman–Crippen LogP) is 3.83. The van der Waals surface area contributed by atoms with Crippen molar-refractivity contribution in [3.8, 4) is 5.69 Å². The van der Waals surface area contributed by atoms with Crippen LogP contribution in [0.5, 0.6) is 0 Å². The summed E-state index contributed by atoms with van der Waals surface area (Å²) in [5.74, 6) is 1.29. The molecule has 0 aliphatic carbocycles. The quantitative estimate of drug-likeness (QED) is 0.687. The van der Waals surface area contributed by atoms with E-state index in [2.05, 4.69) is 53.0 Å². The number of nitrogens with one attached hydrogen (secondary N) is 1. The molecule has 3 rings (SSSR count). The highest BCUT2D eigenvalue weighted by Gasteiger charge is 2.13. The molecule has 1 N–H and O–H groups in total. The Morgan fingerprint density at radius 2 is 1.92 bits per heavy atom. The van der Waals surface area contributed by atoms with E-state index in [0.717, 1.165) is 22.5 Å². The van der Waals surface area contributed by atoms with Gasteiger partial charge in [-0.25, -0.2) is 4.98 Å². The lowest BCUT2D eigenvalue weighted by Gasteiger charge is -2.10. The molecule has 3 aromatic rings. The van der Waals surface area contributed by atoms with Gasteiger partial charge in [0.1, 0.15) is 5.82 Å². The Bertz CT molecular complexity index is 911. The van der Waals surface area contributed by atoms with E-state index in [4.69, 9.17) is 4.74 Å². The smallest absolute Gasteiger partial charge is 0.251 e.